The quantitative estimate of drug-likeness (QED) is 0.438. The summed E-state index contributed by atoms with van der Waals surface area (Å²) in [6.45, 7) is 1.13. The number of hydrogen-bond acceptors (Lipinski definition) is 8. The van der Waals surface area contributed by atoms with Gasteiger partial charge in [-0.1, -0.05) is 17.7 Å². The molecule has 2 aliphatic heterocycles. The van der Waals surface area contributed by atoms with Gasteiger partial charge in [0.2, 0.25) is 5.91 Å². The third kappa shape index (κ3) is 6.87. The summed E-state index contributed by atoms with van der Waals surface area (Å²) < 4.78 is 16.9. The number of nitrogens with one attached hydrogen (secondary N) is 1. The van der Waals surface area contributed by atoms with Gasteiger partial charge < -0.3 is 24.4 Å². The molecule has 2 saturated heterocycles. The van der Waals surface area contributed by atoms with Gasteiger partial charge in [-0.15, -0.1) is 0 Å². The van der Waals surface area contributed by atoms with E-state index in [0.717, 1.165) is 16.7 Å². The van der Waals surface area contributed by atoms with E-state index in [1.165, 1.54) is 7.11 Å². The molecular weight excluding hydrogens is 602 g/mol. The molecule has 2 aromatic rings. The molecule has 38 heavy (non-hydrogen) atoms. The number of amides is 4. The molecule has 4 amide bonds. The van der Waals surface area contributed by atoms with Crippen molar-refractivity contribution >= 4 is 74.0 Å². The van der Waals surface area contributed by atoms with Crippen LogP contribution in [0.4, 0.5) is 10.5 Å². The molecule has 0 aromatic heterocycles. The molecule has 0 unspecified atom stereocenters. The molecule has 2 aromatic carbocycles. The predicted molar refractivity (Wildman–Crippen MR) is 146 cm³/mol. The number of nitrogens with zero attached hydrogens (tertiary/aromatic N) is 2. The standard InChI is InChI=1S/C25H23BrClN3O7S/c1-35-20-10-15(2-5-19(20)37-14-22(31)28-16-3-4-17(26)18(27)12-16)11-21-24(33)30(25(34)38-21)13-23(32)29-6-8-36-9-7-29/h2-5,10-12H,6-9,13-14H2,1H3,(H,28,31)/b21-11-. The number of morpholine rings is 1. The average Bonchev–Trinajstić information content (AvgIpc) is 3.17. The van der Waals surface area contributed by atoms with E-state index in [1.807, 2.05) is 0 Å². The van der Waals surface area contributed by atoms with E-state index in [4.69, 9.17) is 25.8 Å². The van der Waals surface area contributed by atoms with Crippen molar-refractivity contribution in [3.8, 4) is 11.5 Å². The van der Waals surface area contributed by atoms with Gasteiger partial charge in [0.05, 0.1) is 30.3 Å². The highest BCUT2D eigenvalue weighted by atomic mass is 79.9. The number of imide groups is 1. The fourth-order valence-corrected chi connectivity index (χ4v) is 4.91. The highest BCUT2D eigenvalue weighted by molar-refractivity contribution is 9.10. The molecule has 10 nitrogen and oxygen atoms in total. The Balaban J connectivity index is 1.38. The smallest absolute Gasteiger partial charge is 0.294 e. The lowest BCUT2D eigenvalue weighted by atomic mass is 10.2. The van der Waals surface area contributed by atoms with E-state index in [-0.39, 0.29) is 24.0 Å². The number of rotatable bonds is 8. The van der Waals surface area contributed by atoms with Crippen LogP contribution in [0.3, 0.4) is 0 Å². The van der Waals surface area contributed by atoms with Crippen LogP contribution < -0.4 is 14.8 Å². The molecule has 4 rings (SSSR count). The molecule has 1 N–H and O–H groups in total. The Morgan fingerprint density at radius 3 is 2.63 bits per heavy atom. The lowest BCUT2D eigenvalue weighted by Crippen LogP contribution is -2.46. The van der Waals surface area contributed by atoms with Gasteiger partial charge in [-0.3, -0.25) is 24.1 Å². The van der Waals surface area contributed by atoms with Crippen LogP contribution in [-0.2, 0) is 19.1 Å². The summed E-state index contributed by atoms with van der Waals surface area (Å²) in [4.78, 5) is 52.8. The van der Waals surface area contributed by atoms with Crippen LogP contribution in [0, 0.1) is 0 Å². The summed E-state index contributed by atoms with van der Waals surface area (Å²) in [5.74, 6) is -0.578. The van der Waals surface area contributed by atoms with E-state index in [2.05, 4.69) is 21.2 Å². The van der Waals surface area contributed by atoms with E-state index >= 15 is 0 Å². The Hall–Kier alpha value is -3.06. The molecule has 2 heterocycles. The maximum atomic E-state index is 12.8. The van der Waals surface area contributed by atoms with Crippen molar-refractivity contribution in [1.29, 1.82) is 0 Å². The van der Waals surface area contributed by atoms with Gasteiger partial charge in [-0.2, -0.15) is 0 Å². The maximum absolute atomic E-state index is 12.8. The summed E-state index contributed by atoms with van der Waals surface area (Å²) in [5, 5.41) is 2.65. The monoisotopic (exact) mass is 623 g/mol. The van der Waals surface area contributed by atoms with Gasteiger partial charge in [0.25, 0.3) is 17.1 Å². The predicted octanol–water partition coefficient (Wildman–Crippen LogP) is 4.02. The number of benzene rings is 2. The van der Waals surface area contributed by atoms with Gasteiger partial charge in [0.1, 0.15) is 6.54 Å². The lowest BCUT2D eigenvalue weighted by molar-refractivity contribution is -0.139. The minimum Gasteiger partial charge on any atom is -0.493 e. The van der Waals surface area contributed by atoms with Gasteiger partial charge in [-0.05, 0) is 69.7 Å². The van der Waals surface area contributed by atoms with Gasteiger partial charge >= 0.3 is 0 Å². The van der Waals surface area contributed by atoms with Gasteiger partial charge in [0, 0.05) is 23.2 Å². The number of thioether (sulfide) groups is 1. The van der Waals surface area contributed by atoms with Crippen molar-refractivity contribution in [3.63, 3.8) is 0 Å². The highest BCUT2D eigenvalue weighted by Crippen LogP contribution is 2.34. The Labute approximate surface area is 236 Å². The molecule has 0 atom stereocenters. The topological polar surface area (TPSA) is 114 Å². The van der Waals surface area contributed by atoms with Crippen molar-refractivity contribution in [1.82, 2.24) is 9.80 Å². The first-order valence-electron chi connectivity index (χ1n) is 11.4. The summed E-state index contributed by atoms with van der Waals surface area (Å²) in [6, 6.07) is 9.91. The number of hydrogen-bond donors (Lipinski definition) is 1. The first-order chi connectivity index (χ1) is 18.2. The number of carbonyl (C=O) groups excluding carboxylic acids is 4. The van der Waals surface area contributed by atoms with Crippen LogP contribution in [0.25, 0.3) is 6.08 Å². The van der Waals surface area contributed by atoms with Crippen molar-refractivity contribution in [2.24, 2.45) is 0 Å². The molecule has 0 spiro atoms. The molecule has 0 aliphatic carbocycles. The molecular formula is C25H23BrClN3O7S. The first kappa shape index (κ1) is 28.0. The van der Waals surface area contributed by atoms with Crippen LogP contribution >= 0.6 is 39.3 Å². The molecule has 13 heteroatoms. The van der Waals surface area contributed by atoms with Crippen LogP contribution in [0.2, 0.25) is 5.02 Å². The molecule has 2 fully saturated rings. The Morgan fingerprint density at radius 1 is 1.16 bits per heavy atom. The number of halogens is 2. The van der Waals surface area contributed by atoms with Crippen LogP contribution in [0.1, 0.15) is 5.56 Å². The summed E-state index contributed by atoms with van der Waals surface area (Å²) in [7, 11) is 1.45. The zero-order valence-corrected chi connectivity index (χ0v) is 23.4. The first-order valence-corrected chi connectivity index (χ1v) is 13.4. The number of anilines is 1. The van der Waals surface area contributed by atoms with E-state index in [0.29, 0.717) is 58.5 Å². The zero-order valence-electron chi connectivity index (χ0n) is 20.2. The minimum atomic E-state index is -0.536. The molecule has 200 valence electrons. The van der Waals surface area contributed by atoms with Gasteiger partial charge in [0.15, 0.2) is 18.1 Å². The third-order valence-corrected chi connectivity index (χ3v) is 7.72. The SMILES string of the molecule is COc1cc(/C=C2\SC(=O)N(CC(=O)N3CCOCC3)C2=O)ccc1OCC(=O)Nc1ccc(Br)c(Cl)c1. The zero-order chi connectivity index (χ0) is 27.2. The second-order valence-electron chi connectivity index (χ2n) is 8.14. The van der Waals surface area contributed by atoms with Crippen LogP contribution in [0.5, 0.6) is 11.5 Å². The van der Waals surface area contributed by atoms with Crippen LogP contribution in [0.15, 0.2) is 45.8 Å². The van der Waals surface area contributed by atoms with E-state index in [9.17, 15) is 19.2 Å². The number of ether oxygens (including phenoxy) is 3. The molecule has 0 bridgehead atoms. The summed E-state index contributed by atoms with van der Waals surface area (Å²) >= 11 is 10.1. The normalized spacial score (nSPS) is 16.7. The van der Waals surface area contributed by atoms with E-state index in [1.54, 1.807) is 47.4 Å². The second kappa shape index (κ2) is 12.7. The fourth-order valence-electron chi connectivity index (χ4n) is 3.64. The number of methoxy groups -OCH3 is 1. The van der Waals surface area contributed by atoms with E-state index < -0.39 is 17.1 Å². The summed E-state index contributed by atoms with van der Waals surface area (Å²) in [6.07, 6.45) is 1.54. The lowest BCUT2D eigenvalue weighted by Gasteiger charge is -2.28. The van der Waals surface area contributed by atoms with Crippen molar-refractivity contribution in [2.45, 2.75) is 0 Å². The Morgan fingerprint density at radius 2 is 1.92 bits per heavy atom. The molecule has 0 saturated carbocycles. The Kier molecular flexibility index (Phi) is 9.31. The maximum Gasteiger partial charge on any atom is 0.294 e. The molecule has 0 radical (unpaired) electrons. The summed E-state index contributed by atoms with van der Waals surface area (Å²) in [5.41, 5.74) is 1.10. The van der Waals surface area contributed by atoms with Crippen molar-refractivity contribution in [3.05, 3.63) is 56.4 Å². The largest absolute Gasteiger partial charge is 0.493 e. The highest BCUT2D eigenvalue weighted by Gasteiger charge is 2.37. The van der Waals surface area contributed by atoms with Gasteiger partial charge in [-0.25, -0.2) is 0 Å². The van der Waals surface area contributed by atoms with Crippen LogP contribution in [-0.4, -0.2) is 79.3 Å². The average molecular weight is 625 g/mol. The second-order valence-corrected chi connectivity index (χ2v) is 10.4. The minimum absolute atomic E-state index is 0.188. The van der Waals surface area contributed by atoms with Crippen molar-refractivity contribution < 1.29 is 33.4 Å². The number of carbonyl (C=O) groups is 4. The fraction of sp³-hybridized carbons (Fsp3) is 0.280. The Bertz CT molecular complexity index is 1300. The third-order valence-electron chi connectivity index (χ3n) is 5.58. The molecule has 2 aliphatic rings. The van der Waals surface area contributed by atoms with Crippen molar-refractivity contribution in [2.75, 3.05) is 51.9 Å².